The van der Waals surface area contributed by atoms with E-state index in [4.69, 9.17) is 17.0 Å². The molecular formula is C9H8BrN3OS2. The Bertz CT molecular complexity index is 552. The lowest BCUT2D eigenvalue weighted by molar-refractivity contribution is 0.412. The van der Waals surface area contributed by atoms with E-state index in [1.54, 1.807) is 7.11 Å². The van der Waals surface area contributed by atoms with E-state index < -0.39 is 0 Å². The molecule has 0 atom stereocenters. The van der Waals surface area contributed by atoms with Crippen molar-refractivity contribution in [3.8, 4) is 5.75 Å². The number of nitrogens with zero attached hydrogens (tertiary/aromatic N) is 1. The maximum atomic E-state index is 5.14. The van der Waals surface area contributed by atoms with Crippen LogP contribution in [0.25, 0.3) is 0 Å². The van der Waals surface area contributed by atoms with E-state index in [2.05, 4.69) is 31.4 Å². The predicted molar refractivity (Wildman–Crippen MR) is 71.3 cm³/mol. The van der Waals surface area contributed by atoms with Crippen molar-refractivity contribution in [1.82, 2.24) is 10.2 Å². The molecule has 0 spiro atoms. The van der Waals surface area contributed by atoms with Gasteiger partial charge in [0, 0.05) is 5.69 Å². The fourth-order valence-corrected chi connectivity index (χ4v) is 2.50. The first-order chi connectivity index (χ1) is 7.69. The first-order valence-corrected chi connectivity index (χ1v) is 6.37. The van der Waals surface area contributed by atoms with E-state index in [-0.39, 0.29) is 0 Å². The van der Waals surface area contributed by atoms with Gasteiger partial charge in [-0.1, -0.05) is 11.3 Å². The Kier molecular flexibility index (Phi) is 3.57. The Balaban J connectivity index is 2.22. The monoisotopic (exact) mass is 317 g/mol. The van der Waals surface area contributed by atoms with E-state index >= 15 is 0 Å². The van der Waals surface area contributed by atoms with Gasteiger partial charge in [-0.25, -0.2) is 0 Å². The topological polar surface area (TPSA) is 49.9 Å². The number of hydrogen-bond donors (Lipinski definition) is 2. The van der Waals surface area contributed by atoms with Gasteiger partial charge in [0.2, 0.25) is 5.13 Å². The molecule has 0 aliphatic heterocycles. The predicted octanol–water partition coefficient (Wildman–Crippen LogP) is 3.72. The summed E-state index contributed by atoms with van der Waals surface area (Å²) < 4.78 is 6.68. The van der Waals surface area contributed by atoms with Crippen molar-refractivity contribution in [1.29, 1.82) is 0 Å². The Labute approximate surface area is 110 Å². The van der Waals surface area contributed by atoms with E-state index in [9.17, 15) is 0 Å². The van der Waals surface area contributed by atoms with E-state index in [0.717, 1.165) is 21.0 Å². The zero-order valence-electron chi connectivity index (χ0n) is 8.28. The highest BCUT2D eigenvalue weighted by molar-refractivity contribution is 9.10. The zero-order chi connectivity index (χ0) is 11.5. The molecule has 1 aromatic carbocycles. The molecule has 0 unspecified atom stereocenters. The first-order valence-electron chi connectivity index (χ1n) is 4.35. The third-order valence-electron chi connectivity index (χ3n) is 1.84. The van der Waals surface area contributed by atoms with Gasteiger partial charge in [-0.15, -0.1) is 5.10 Å². The second-order valence-electron chi connectivity index (χ2n) is 2.89. The van der Waals surface area contributed by atoms with Crippen molar-refractivity contribution in [2.75, 3.05) is 12.4 Å². The summed E-state index contributed by atoms with van der Waals surface area (Å²) in [6.07, 6.45) is 0. The first kappa shape index (κ1) is 11.6. The van der Waals surface area contributed by atoms with Gasteiger partial charge in [0.25, 0.3) is 0 Å². The molecule has 2 N–H and O–H groups in total. The fraction of sp³-hybridized carbons (Fsp3) is 0.111. The summed E-state index contributed by atoms with van der Waals surface area (Å²) in [5.74, 6) is 0.792. The second-order valence-corrected chi connectivity index (χ2v) is 5.41. The van der Waals surface area contributed by atoms with Gasteiger partial charge in [-0.2, -0.15) is 0 Å². The number of aromatic nitrogens is 2. The number of methoxy groups -OCH3 is 1. The highest BCUT2D eigenvalue weighted by Gasteiger charge is 2.03. The minimum Gasteiger partial charge on any atom is -0.496 e. The van der Waals surface area contributed by atoms with Crippen molar-refractivity contribution in [3.63, 3.8) is 0 Å². The number of halogens is 1. The van der Waals surface area contributed by atoms with Gasteiger partial charge in [0.05, 0.1) is 11.6 Å². The van der Waals surface area contributed by atoms with Crippen molar-refractivity contribution in [3.05, 3.63) is 26.6 Å². The molecule has 0 radical (unpaired) electrons. The van der Waals surface area contributed by atoms with Crippen LogP contribution < -0.4 is 10.1 Å². The van der Waals surface area contributed by atoms with Gasteiger partial charge in [0.1, 0.15) is 5.75 Å². The van der Waals surface area contributed by atoms with Crippen LogP contribution in [-0.2, 0) is 0 Å². The summed E-state index contributed by atoms with van der Waals surface area (Å²) in [6.45, 7) is 0. The number of H-pyrrole nitrogens is 1. The van der Waals surface area contributed by atoms with Crippen molar-refractivity contribution < 1.29 is 4.74 Å². The average molecular weight is 318 g/mol. The highest BCUT2D eigenvalue weighted by atomic mass is 79.9. The molecule has 7 heteroatoms. The van der Waals surface area contributed by atoms with Crippen molar-refractivity contribution in [2.24, 2.45) is 0 Å². The van der Waals surface area contributed by atoms with Crippen LogP contribution in [0, 0.1) is 3.95 Å². The maximum Gasteiger partial charge on any atom is 0.208 e. The summed E-state index contributed by atoms with van der Waals surface area (Å²) in [6, 6.07) is 5.70. The molecule has 0 saturated heterocycles. The van der Waals surface area contributed by atoms with Gasteiger partial charge >= 0.3 is 0 Å². The van der Waals surface area contributed by atoms with Crippen LogP contribution in [0.4, 0.5) is 10.8 Å². The number of benzene rings is 1. The summed E-state index contributed by atoms with van der Waals surface area (Å²) >= 11 is 9.75. The van der Waals surface area contributed by atoms with Crippen molar-refractivity contribution in [2.45, 2.75) is 0 Å². The highest BCUT2D eigenvalue weighted by Crippen LogP contribution is 2.29. The van der Waals surface area contributed by atoms with Crippen LogP contribution in [0.1, 0.15) is 0 Å². The van der Waals surface area contributed by atoms with Gasteiger partial charge in [-0.05, 0) is 46.3 Å². The van der Waals surface area contributed by atoms with Crippen molar-refractivity contribution >= 4 is 50.3 Å². The lowest BCUT2D eigenvalue weighted by atomic mass is 10.3. The van der Waals surface area contributed by atoms with Crippen LogP contribution in [-0.4, -0.2) is 17.3 Å². The molecule has 0 fully saturated rings. The summed E-state index contributed by atoms with van der Waals surface area (Å²) in [7, 11) is 1.63. The third-order valence-corrected chi connectivity index (χ3v) is 3.47. The van der Waals surface area contributed by atoms with Crippen LogP contribution in [0.15, 0.2) is 22.7 Å². The number of ether oxygens (including phenoxy) is 1. The normalized spacial score (nSPS) is 10.1. The number of rotatable bonds is 3. The van der Waals surface area contributed by atoms with Crippen LogP contribution in [0.3, 0.4) is 0 Å². The van der Waals surface area contributed by atoms with Gasteiger partial charge in [0.15, 0.2) is 3.95 Å². The molecule has 0 amide bonds. The van der Waals surface area contributed by atoms with Gasteiger partial charge in [-0.3, -0.25) is 5.10 Å². The zero-order valence-corrected chi connectivity index (χ0v) is 11.5. The molecule has 1 aromatic heterocycles. The molecule has 16 heavy (non-hydrogen) atoms. The third kappa shape index (κ3) is 2.60. The standard InChI is InChI=1S/C9H8BrN3OS2/c1-14-7-3-2-5(4-6(7)10)11-8-12-13-9(15)16-8/h2-4H,1H3,(H,11,12)(H,13,15). The second kappa shape index (κ2) is 4.94. The van der Waals surface area contributed by atoms with Crippen LogP contribution in [0.2, 0.25) is 0 Å². The summed E-state index contributed by atoms with van der Waals surface area (Å²) in [5.41, 5.74) is 0.922. The van der Waals surface area contributed by atoms with E-state index in [1.165, 1.54) is 11.3 Å². The number of hydrogen-bond acceptors (Lipinski definition) is 5. The minimum absolute atomic E-state index is 0.648. The molecule has 2 aromatic rings. The lowest BCUT2D eigenvalue weighted by Gasteiger charge is -2.06. The minimum atomic E-state index is 0.648. The fourth-order valence-electron chi connectivity index (χ4n) is 1.15. The smallest absolute Gasteiger partial charge is 0.208 e. The molecular weight excluding hydrogens is 310 g/mol. The van der Waals surface area contributed by atoms with Crippen LogP contribution in [0.5, 0.6) is 5.75 Å². The molecule has 0 bridgehead atoms. The Morgan fingerprint density at radius 3 is 2.94 bits per heavy atom. The molecule has 2 rings (SSSR count). The average Bonchev–Trinajstić information content (AvgIpc) is 2.64. The molecule has 4 nitrogen and oxygen atoms in total. The van der Waals surface area contributed by atoms with E-state index in [0.29, 0.717) is 3.95 Å². The van der Waals surface area contributed by atoms with E-state index in [1.807, 2.05) is 18.2 Å². The largest absolute Gasteiger partial charge is 0.496 e. The molecule has 0 saturated carbocycles. The molecule has 0 aliphatic carbocycles. The Hall–Kier alpha value is -0.920. The number of nitrogens with one attached hydrogen (secondary N) is 2. The van der Waals surface area contributed by atoms with Crippen LogP contribution >= 0.6 is 39.5 Å². The Morgan fingerprint density at radius 2 is 2.38 bits per heavy atom. The summed E-state index contributed by atoms with van der Waals surface area (Å²) in [5, 5.41) is 10.6. The molecule has 84 valence electrons. The Morgan fingerprint density at radius 1 is 1.56 bits per heavy atom. The number of anilines is 2. The maximum absolute atomic E-state index is 5.14. The SMILES string of the molecule is COc1ccc(Nc2n[nH]c(=S)s2)cc1Br. The number of aromatic amines is 1. The summed E-state index contributed by atoms with van der Waals surface area (Å²) in [4.78, 5) is 0. The molecule has 1 heterocycles. The quantitative estimate of drug-likeness (QED) is 0.847. The van der Waals surface area contributed by atoms with Gasteiger partial charge < -0.3 is 10.1 Å². The lowest BCUT2D eigenvalue weighted by Crippen LogP contribution is -1.91. The molecule has 0 aliphatic rings.